The smallest absolute Gasteiger partial charge is 0.227 e. The van der Waals surface area contributed by atoms with Crippen LogP contribution in [0.15, 0.2) is 34.8 Å². The monoisotopic (exact) mass is 446 g/mol. The second kappa shape index (κ2) is 17.7. The van der Waals surface area contributed by atoms with Crippen molar-refractivity contribution in [2.24, 2.45) is 0 Å². The van der Waals surface area contributed by atoms with Gasteiger partial charge in [-0.1, -0.05) is 103 Å². The third kappa shape index (κ3) is 11.2. The quantitative estimate of drug-likeness (QED) is 0.119. The normalized spacial score (nSPS) is 14.9. The number of hydrogen-bond acceptors (Lipinski definition) is 4. The lowest BCUT2D eigenvalue weighted by atomic mass is 9.91. The molecular formula is C28H46O4. The zero-order valence-corrected chi connectivity index (χ0v) is 20.6. The van der Waals surface area contributed by atoms with Gasteiger partial charge in [-0.2, -0.15) is 0 Å². The first-order chi connectivity index (χ1) is 15.5. The van der Waals surface area contributed by atoms with Crippen LogP contribution < -0.4 is 0 Å². The number of aliphatic hydroxyl groups excluding tert-OH is 2. The molecule has 2 N–H and O–H groups in total. The third-order valence-corrected chi connectivity index (χ3v) is 6.37. The van der Waals surface area contributed by atoms with Crippen molar-refractivity contribution in [2.75, 3.05) is 0 Å². The number of carbonyl (C=O) groups excluding carboxylic acids is 2. The van der Waals surface area contributed by atoms with Gasteiger partial charge in [0.05, 0.1) is 0 Å². The van der Waals surface area contributed by atoms with Crippen LogP contribution in [-0.2, 0) is 9.59 Å². The molecule has 0 unspecified atom stereocenters. The fourth-order valence-electron chi connectivity index (χ4n) is 4.14. The Morgan fingerprint density at radius 2 is 1.03 bits per heavy atom. The van der Waals surface area contributed by atoms with Crippen LogP contribution >= 0.6 is 0 Å². The molecule has 0 bridgehead atoms. The van der Waals surface area contributed by atoms with E-state index in [-0.39, 0.29) is 11.1 Å². The number of rotatable bonds is 19. The molecule has 0 spiro atoms. The molecule has 1 aliphatic rings. The van der Waals surface area contributed by atoms with E-state index in [1.807, 2.05) is 0 Å². The van der Waals surface area contributed by atoms with E-state index < -0.39 is 23.1 Å². The fraction of sp³-hybridized carbons (Fsp3) is 0.714. The predicted octanol–water partition coefficient (Wildman–Crippen LogP) is 8.38. The molecular weight excluding hydrogens is 400 g/mol. The van der Waals surface area contributed by atoms with E-state index in [1.165, 1.54) is 96.8 Å². The van der Waals surface area contributed by atoms with Gasteiger partial charge in [-0.05, 0) is 39.0 Å². The molecule has 0 aliphatic heterocycles. The summed E-state index contributed by atoms with van der Waals surface area (Å²) in [6.45, 7) is 3.60. The average Bonchev–Trinajstić information content (AvgIpc) is 2.79. The van der Waals surface area contributed by atoms with Crippen molar-refractivity contribution in [3.8, 4) is 0 Å². The second-order valence-electron chi connectivity index (χ2n) is 9.21. The number of hydrogen-bond donors (Lipinski definition) is 2. The molecule has 0 heterocycles. The number of unbranched alkanes of at least 4 members (excludes halogenated alkanes) is 15. The molecule has 0 aromatic carbocycles. The number of Topliss-reactive ketones (excluding diaryl/α,β-unsaturated/α-hetero) is 2. The Balaban J connectivity index is 1.90. The summed E-state index contributed by atoms with van der Waals surface area (Å²) >= 11 is 0. The summed E-state index contributed by atoms with van der Waals surface area (Å²) in [4.78, 5) is 23.8. The van der Waals surface area contributed by atoms with Crippen LogP contribution in [0.4, 0.5) is 0 Å². The SMILES string of the molecule is CCCCC=CCCCCCCCCCCCCCCCC1=C(O)C(=O)C(C)=C(O)C1=O. The van der Waals surface area contributed by atoms with E-state index in [2.05, 4.69) is 19.1 Å². The molecule has 1 rings (SSSR count). The molecule has 0 saturated heterocycles. The topological polar surface area (TPSA) is 74.6 Å². The van der Waals surface area contributed by atoms with E-state index in [9.17, 15) is 19.8 Å². The highest BCUT2D eigenvalue weighted by Crippen LogP contribution is 2.25. The van der Waals surface area contributed by atoms with Crippen molar-refractivity contribution in [1.82, 2.24) is 0 Å². The van der Waals surface area contributed by atoms with Crippen LogP contribution in [0.5, 0.6) is 0 Å². The Kier molecular flexibility index (Phi) is 15.6. The summed E-state index contributed by atoms with van der Waals surface area (Å²) in [6.07, 6.45) is 26.1. The van der Waals surface area contributed by atoms with Gasteiger partial charge in [0.1, 0.15) is 0 Å². The lowest BCUT2D eigenvalue weighted by molar-refractivity contribution is -0.120. The summed E-state index contributed by atoms with van der Waals surface area (Å²) in [5.41, 5.74) is 0.00313. The maximum atomic E-state index is 12.0. The highest BCUT2D eigenvalue weighted by Gasteiger charge is 2.31. The van der Waals surface area contributed by atoms with E-state index in [0.29, 0.717) is 6.42 Å². The summed E-state index contributed by atoms with van der Waals surface area (Å²) in [5, 5.41) is 19.6. The van der Waals surface area contributed by atoms with Gasteiger partial charge in [-0.15, -0.1) is 0 Å². The zero-order chi connectivity index (χ0) is 23.6. The van der Waals surface area contributed by atoms with E-state index >= 15 is 0 Å². The van der Waals surface area contributed by atoms with Gasteiger partial charge >= 0.3 is 0 Å². The molecule has 0 aromatic rings. The molecule has 1 aliphatic carbocycles. The van der Waals surface area contributed by atoms with Gasteiger partial charge in [0.15, 0.2) is 11.5 Å². The third-order valence-electron chi connectivity index (χ3n) is 6.37. The van der Waals surface area contributed by atoms with Gasteiger partial charge in [0, 0.05) is 11.1 Å². The van der Waals surface area contributed by atoms with Gasteiger partial charge in [-0.25, -0.2) is 0 Å². The standard InChI is InChI=1S/C28H46O4/c1-3-4-5-6-7-8-9-10-11-12-13-14-15-16-17-18-19-20-21-22-24-27(31)25(29)23(2)26(30)28(24)32/h6-7,29,32H,3-5,8-22H2,1-2H3. The van der Waals surface area contributed by atoms with Crippen LogP contribution in [0.25, 0.3) is 0 Å². The Bertz CT molecular complexity index is 654. The Morgan fingerprint density at radius 1 is 0.594 bits per heavy atom. The minimum Gasteiger partial charge on any atom is -0.504 e. The van der Waals surface area contributed by atoms with Gasteiger partial charge < -0.3 is 10.2 Å². The number of aliphatic hydroxyl groups is 2. The molecule has 4 nitrogen and oxygen atoms in total. The molecule has 182 valence electrons. The highest BCUT2D eigenvalue weighted by molar-refractivity contribution is 6.22. The molecule has 32 heavy (non-hydrogen) atoms. The van der Waals surface area contributed by atoms with Crippen molar-refractivity contribution in [3.05, 3.63) is 34.8 Å². The molecule has 0 aromatic heterocycles. The highest BCUT2D eigenvalue weighted by atomic mass is 16.3. The summed E-state index contributed by atoms with van der Waals surface area (Å²) < 4.78 is 0. The van der Waals surface area contributed by atoms with Crippen molar-refractivity contribution in [2.45, 2.75) is 129 Å². The minimum atomic E-state index is -0.632. The largest absolute Gasteiger partial charge is 0.504 e. The van der Waals surface area contributed by atoms with Crippen molar-refractivity contribution in [1.29, 1.82) is 0 Å². The van der Waals surface area contributed by atoms with E-state index in [0.717, 1.165) is 19.3 Å². The van der Waals surface area contributed by atoms with Crippen molar-refractivity contribution < 1.29 is 19.8 Å². The first-order valence-corrected chi connectivity index (χ1v) is 13.1. The van der Waals surface area contributed by atoms with Crippen LogP contribution in [-0.4, -0.2) is 21.8 Å². The zero-order valence-electron chi connectivity index (χ0n) is 20.6. The number of carbonyl (C=O) groups is 2. The summed E-state index contributed by atoms with van der Waals surface area (Å²) in [6, 6.07) is 0. The van der Waals surface area contributed by atoms with E-state index in [1.54, 1.807) is 0 Å². The Morgan fingerprint density at radius 3 is 1.53 bits per heavy atom. The molecule has 0 amide bonds. The lowest BCUT2D eigenvalue weighted by Gasteiger charge is -2.15. The van der Waals surface area contributed by atoms with Crippen molar-refractivity contribution in [3.63, 3.8) is 0 Å². The maximum Gasteiger partial charge on any atom is 0.227 e. The van der Waals surface area contributed by atoms with Gasteiger partial charge in [0.25, 0.3) is 0 Å². The van der Waals surface area contributed by atoms with Crippen LogP contribution in [0.3, 0.4) is 0 Å². The first kappa shape index (κ1) is 28.2. The summed E-state index contributed by atoms with van der Waals surface area (Å²) in [7, 11) is 0. The number of allylic oxidation sites excluding steroid dienone is 4. The average molecular weight is 447 g/mol. The van der Waals surface area contributed by atoms with Gasteiger partial charge in [0.2, 0.25) is 11.6 Å². The predicted molar refractivity (Wildman–Crippen MR) is 133 cm³/mol. The summed E-state index contributed by atoms with van der Waals surface area (Å²) in [5.74, 6) is -2.23. The molecule has 0 fully saturated rings. The fourth-order valence-corrected chi connectivity index (χ4v) is 4.14. The van der Waals surface area contributed by atoms with Crippen LogP contribution in [0, 0.1) is 0 Å². The molecule has 0 saturated carbocycles. The second-order valence-corrected chi connectivity index (χ2v) is 9.21. The Hall–Kier alpha value is -1.84. The van der Waals surface area contributed by atoms with Crippen LogP contribution in [0.1, 0.15) is 129 Å². The first-order valence-electron chi connectivity index (χ1n) is 13.1. The van der Waals surface area contributed by atoms with E-state index in [4.69, 9.17) is 0 Å². The number of ketones is 2. The van der Waals surface area contributed by atoms with Crippen molar-refractivity contribution >= 4 is 11.6 Å². The molecule has 0 radical (unpaired) electrons. The van der Waals surface area contributed by atoms with Gasteiger partial charge in [-0.3, -0.25) is 9.59 Å². The van der Waals surface area contributed by atoms with Crippen LogP contribution in [0.2, 0.25) is 0 Å². The molecule has 4 heteroatoms. The maximum absolute atomic E-state index is 12.0. The minimum absolute atomic E-state index is 0.0677. The lowest BCUT2D eigenvalue weighted by Crippen LogP contribution is -2.22. The molecule has 0 atom stereocenters. The Labute approximate surface area is 195 Å².